The molecular weight excluding hydrogens is 320 g/mol. The van der Waals surface area contributed by atoms with Crippen LogP contribution in [0.3, 0.4) is 0 Å². The van der Waals surface area contributed by atoms with Crippen LogP contribution < -0.4 is 0 Å². The quantitative estimate of drug-likeness (QED) is 0.562. The second kappa shape index (κ2) is 4.44. The summed E-state index contributed by atoms with van der Waals surface area (Å²) in [5, 5.41) is 23.0. The van der Waals surface area contributed by atoms with Gasteiger partial charge in [-0.3, -0.25) is 9.59 Å². The average Bonchev–Trinajstić information content (AvgIpc) is 2.77. The van der Waals surface area contributed by atoms with Crippen LogP contribution >= 0.6 is 0 Å². The molecule has 1 heterocycles. The zero-order valence-corrected chi connectivity index (χ0v) is 15.1. The number of hydrogen-bond donors (Lipinski definition) is 2. The molecule has 0 spiro atoms. The largest absolute Gasteiger partial charge is 0.424 e. The van der Waals surface area contributed by atoms with E-state index in [1.165, 1.54) is 0 Å². The number of esters is 1. The molecule has 0 radical (unpaired) electrons. The van der Waals surface area contributed by atoms with E-state index in [9.17, 15) is 19.8 Å². The maximum absolute atomic E-state index is 13.2. The molecule has 4 aliphatic rings. The Hall–Kier alpha value is -1.46. The summed E-state index contributed by atoms with van der Waals surface area (Å²) >= 11 is 0. The van der Waals surface area contributed by atoms with Gasteiger partial charge in [-0.1, -0.05) is 39.3 Å². The zero-order valence-electron chi connectivity index (χ0n) is 15.1. The van der Waals surface area contributed by atoms with Crippen LogP contribution in [-0.2, 0) is 14.3 Å². The van der Waals surface area contributed by atoms with Crippen molar-refractivity contribution in [1.29, 1.82) is 0 Å². The van der Waals surface area contributed by atoms with Crippen molar-refractivity contribution >= 4 is 11.8 Å². The summed E-state index contributed by atoms with van der Waals surface area (Å²) in [5.41, 5.74) is -3.66. The molecule has 5 heteroatoms. The van der Waals surface area contributed by atoms with Gasteiger partial charge in [0.1, 0.15) is 11.0 Å². The number of hydrogen-bond acceptors (Lipinski definition) is 5. The monoisotopic (exact) mass is 346 g/mol. The first-order chi connectivity index (χ1) is 11.5. The molecule has 25 heavy (non-hydrogen) atoms. The Morgan fingerprint density at radius 1 is 1.16 bits per heavy atom. The molecule has 1 unspecified atom stereocenters. The van der Waals surface area contributed by atoms with Crippen LogP contribution in [0.15, 0.2) is 24.3 Å². The van der Waals surface area contributed by atoms with Crippen LogP contribution in [0.5, 0.6) is 0 Å². The molecule has 5 nitrogen and oxygen atoms in total. The lowest BCUT2D eigenvalue weighted by atomic mass is 9.42. The fourth-order valence-corrected chi connectivity index (χ4v) is 6.12. The Morgan fingerprint density at radius 2 is 1.84 bits per heavy atom. The predicted molar refractivity (Wildman–Crippen MR) is 90.2 cm³/mol. The molecule has 2 N–H and O–H groups in total. The Bertz CT molecular complexity index is 736. The summed E-state index contributed by atoms with van der Waals surface area (Å²) in [6.07, 6.45) is 6.25. The molecule has 1 saturated heterocycles. The van der Waals surface area contributed by atoms with E-state index in [1.807, 2.05) is 20.8 Å². The normalized spacial score (nSPS) is 50.4. The molecule has 4 rings (SSSR count). The van der Waals surface area contributed by atoms with Gasteiger partial charge < -0.3 is 14.9 Å². The van der Waals surface area contributed by atoms with Crippen molar-refractivity contribution in [2.75, 3.05) is 0 Å². The van der Waals surface area contributed by atoms with E-state index in [-0.39, 0.29) is 12.0 Å². The molecule has 3 aliphatic carbocycles. The smallest absolute Gasteiger partial charge is 0.318 e. The molecule has 2 bridgehead atoms. The standard InChI is InChI=1S/C20H26O5/c1-5-17(4)9-10-19(23)12(11-17)13(21)20(24)14-16(2,3)7-6-8-18(14,19)15(22)25-20/h5,11,14,23-24H,1,6-10H2,2-4H3/t14-,17-,18?,19+,20-/m0/s1. The van der Waals surface area contributed by atoms with Crippen molar-refractivity contribution in [3.8, 4) is 0 Å². The highest BCUT2D eigenvalue weighted by Crippen LogP contribution is 2.71. The first-order valence-electron chi connectivity index (χ1n) is 9.07. The fourth-order valence-electron chi connectivity index (χ4n) is 6.12. The lowest BCUT2D eigenvalue weighted by Crippen LogP contribution is -2.70. The molecule has 5 atom stereocenters. The fraction of sp³-hybridized carbons (Fsp3) is 0.700. The molecule has 0 aromatic heterocycles. The SMILES string of the molecule is C=C[C@]1(C)C=C2C(=O)[C@]3(O)OC(=O)C4(CCCC(C)(C)[C@@H]43)[C@@]2(O)CC1. The number of ketones is 1. The van der Waals surface area contributed by atoms with E-state index >= 15 is 0 Å². The Balaban J connectivity index is 2.03. The highest BCUT2D eigenvalue weighted by molar-refractivity contribution is 6.10. The van der Waals surface area contributed by atoms with Gasteiger partial charge in [0.05, 0.1) is 5.92 Å². The number of allylic oxidation sites excluding steroid dienone is 2. The van der Waals surface area contributed by atoms with Crippen molar-refractivity contribution in [1.82, 2.24) is 0 Å². The van der Waals surface area contributed by atoms with E-state index < -0.39 is 45.3 Å². The van der Waals surface area contributed by atoms with E-state index in [4.69, 9.17) is 4.74 Å². The van der Waals surface area contributed by atoms with Crippen LogP contribution in [0.4, 0.5) is 0 Å². The van der Waals surface area contributed by atoms with Crippen LogP contribution in [0.1, 0.15) is 52.9 Å². The van der Waals surface area contributed by atoms with E-state index in [0.717, 1.165) is 12.8 Å². The summed E-state index contributed by atoms with van der Waals surface area (Å²) in [4.78, 5) is 26.2. The van der Waals surface area contributed by atoms with Crippen molar-refractivity contribution in [3.63, 3.8) is 0 Å². The van der Waals surface area contributed by atoms with Crippen molar-refractivity contribution in [2.45, 2.75) is 64.3 Å². The van der Waals surface area contributed by atoms with Gasteiger partial charge in [0.15, 0.2) is 0 Å². The Morgan fingerprint density at radius 3 is 2.48 bits per heavy atom. The van der Waals surface area contributed by atoms with Crippen LogP contribution in [0.25, 0.3) is 0 Å². The average molecular weight is 346 g/mol. The highest BCUT2D eigenvalue weighted by atomic mass is 16.7. The molecule has 0 amide bonds. The zero-order chi connectivity index (χ0) is 18.5. The number of carbonyl (C=O) groups excluding carboxylic acids is 2. The number of Topliss-reactive ketones (excluding diaryl/α,β-unsaturated/α-hetero) is 1. The maximum Gasteiger partial charge on any atom is 0.318 e. The number of aliphatic hydroxyl groups is 2. The molecular formula is C20H26O5. The first-order valence-corrected chi connectivity index (χ1v) is 9.07. The van der Waals surface area contributed by atoms with Crippen LogP contribution in [-0.4, -0.2) is 33.4 Å². The summed E-state index contributed by atoms with van der Waals surface area (Å²) < 4.78 is 5.36. The third kappa shape index (κ3) is 1.67. The number of carbonyl (C=O) groups is 2. The number of ether oxygens (including phenoxy) is 1. The lowest BCUT2D eigenvalue weighted by Gasteiger charge is -2.59. The van der Waals surface area contributed by atoms with E-state index in [1.54, 1.807) is 12.2 Å². The number of fused-ring (bicyclic) bond motifs is 1. The molecule has 3 fully saturated rings. The second-order valence-electron chi connectivity index (χ2n) is 9.29. The van der Waals surface area contributed by atoms with Gasteiger partial charge in [-0.15, -0.1) is 6.58 Å². The molecule has 0 aromatic carbocycles. The third-order valence-corrected chi connectivity index (χ3v) is 7.39. The molecule has 136 valence electrons. The summed E-state index contributed by atoms with van der Waals surface area (Å²) in [6.45, 7) is 9.66. The Kier molecular flexibility index (Phi) is 3.01. The van der Waals surface area contributed by atoms with Crippen molar-refractivity contribution in [3.05, 3.63) is 24.3 Å². The van der Waals surface area contributed by atoms with Gasteiger partial charge in [-0.2, -0.15) is 0 Å². The van der Waals surface area contributed by atoms with Gasteiger partial charge >= 0.3 is 5.97 Å². The highest BCUT2D eigenvalue weighted by Gasteiger charge is 2.83. The van der Waals surface area contributed by atoms with Gasteiger partial charge in [0.2, 0.25) is 5.78 Å². The topological polar surface area (TPSA) is 83.8 Å². The van der Waals surface area contributed by atoms with Gasteiger partial charge in [-0.05, 0) is 31.1 Å². The van der Waals surface area contributed by atoms with Crippen molar-refractivity contribution in [2.24, 2.45) is 22.2 Å². The Labute approximate surface area is 147 Å². The minimum Gasteiger partial charge on any atom is -0.424 e. The van der Waals surface area contributed by atoms with E-state index in [2.05, 4.69) is 6.58 Å². The second-order valence-corrected chi connectivity index (χ2v) is 9.29. The third-order valence-electron chi connectivity index (χ3n) is 7.39. The van der Waals surface area contributed by atoms with Gasteiger partial charge in [-0.25, -0.2) is 0 Å². The maximum atomic E-state index is 13.2. The minimum absolute atomic E-state index is 0.128. The predicted octanol–water partition coefficient (Wildman–Crippen LogP) is 2.27. The molecule has 2 saturated carbocycles. The lowest BCUT2D eigenvalue weighted by molar-refractivity contribution is -0.235. The van der Waals surface area contributed by atoms with Crippen molar-refractivity contribution < 1.29 is 24.5 Å². The molecule has 0 aromatic rings. The van der Waals surface area contributed by atoms with Gasteiger partial charge in [0.25, 0.3) is 5.79 Å². The molecule has 1 aliphatic heterocycles. The number of rotatable bonds is 1. The summed E-state index contributed by atoms with van der Waals surface area (Å²) in [6, 6.07) is 0. The van der Waals surface area contributed by atoms with Crippen LogP contribution in [0, 0.1) is 22.2 Å². The van der Waals surface area contributed by atoms with Crippen LogP contribution in [0.2, 0.25) is 0 Å². The summed E-state index contributed by atoms with van der Waals surface area (Å²) in [7, 11) is 0. The van der Waals surface area contributed by atoms with Gasteiger partial charge in [0, 0.05) is 11.0 Å². The van der Waals surface area contributed by atoms with E-state index in [0.29, 0.717) is 12.8 Å². The minimum atomic E-state index is -2.18. The first kappa shape index (κ1) is 17.0. The summed E-state index contributed by atoms with van der Waals surface area (Å²) in [5.74, 6) is -4.21.